The summed E-state index contributed by atoms with van der Waals surface area (Å²) in [5.41, 5.74) is 6.84. The molecule has 116 valence electrons. The van der Waals surface area contributed by atoms with Crippen LogP contribution in [-0.4, -0.2) is 26.7 Å². The lowest BCUT2D eigenvalue weighted by molar-refractivity contribution is -0.133. The highest BCUT2D eigenvalue weighted by Crippen LogP contribution is 2.45. The number of oxime groups is 1. The summed E-state index contributed by atoms with van der Waals surface area (Å²) in [4.78, 5) is 12.5. The molecule has 0 saturated heterocycles. The lowest BCUT2D eigenvalue weighted by Crippen LogP contribution is -2.56. The standard InChI is InChI=1S/C14H23N5O2/c1-4-11-10(8-19(3)17-11)7-16-13(20)14(12(15)18-21)5-9(2)6-14/h8-9,21H,4-7H2,1-3H3,(H2,15,18)(H,16,20). The van der Waals surface area contributed by atoms with Gasteiger partial charge in [0.25, 0.3) is 0 Å². The predicted molar refractivity (Wildman–Crippen MR) is 78.7 cm³/mol. The average molecular weight is 293 g/mol. The number of aryl methyl sites for hydroxylation is 2. The van der Waals surface area contributed by atoms with Gasteiger partial charge in [-0.1, -0.05) is 19.0 Å². The van der Waals surface area contributed by atoms with Crippen LogP contribution in [-0.2, 0) is 24.8 Å². The summed E-state index contributed by atoms with van der Waals surface area (Å²) >= 11 is 0. The Hall–Kier alpha value is -2.05. The van der Waals surface area contributed by atoms with E-state index in [4.69, 9.17) is 10.9 Å². The van der Waals surface area contributed by atoms with E-state index < -0.39 is 5.41 Å². The number of carbonyl (C=O) groups excluding carboxylic acids is 1. The van der Waals surface area contributed by atoms with Gasteiger partial charge in [-0.2, -0.15) is 5.10 Å². The lowest BCUT2D eigenvalue weighted by Gasteiger charge is -2.43. The fraction of sp³-hybridized carbons (Fsp3) is 0.643. The quantitative estimate of drug-likeness (QED) is 0.322. The Morgan fingerprint density at radius 3 is 2.86 bits per heavy atom. The van der Waals surface area contributed by atoms with Crippen molar-refractivity contribution in [3.8, 4) is 0 Å². The molecule has 2 rings (SSSR count). The van der Waals surface area contributed by atoms with Crippen molar-refractivity contribution in [3.63, 3.8) is 0 Å². The highest BCUT2D eigenvalue weighted by molar-refractivity contribution is 6.07. The molecular formula is C14H23N5O2. The van der Waals surface area contributed by atoms with Gasteiger partial charge in [0.2, 0.25) is 5.91 Å². The number of amides is 1. The fourth-order valence-corrected chi connectivity index (χ4v) is 3.11. The largest absolute Gasteiger partial charge is 0.409 e. The van der Waals surface area contributed by atoms with Gasteiger partial charge in [-0.3, -0.25) is 9.48 Å². The van der Waals surface area contributed by atoms with Crippen LogP contribution in [0.3, 0.4) is 0 Å². The first kappa shape index (κ1) is 15.3. The van der Waals surface area contributed by atoms with Crippen LogP contribution in [0.15, 0.2) is 11.4 Å². The van der Waals surface area contributed by atoms with Crippen molar-refractivity contribution in [2.45, 2.75) is 39.7 Å². The maximum atomic E-state index is 12.5. The van der Waals surface area contributed by atoms with Gasteiger partial charge in [0.1, 0.15) is 5.41 Å². The van der Waals surface area contributed by atoms with E-state index in [9.17, 15) is 4.79 Å². The van der Waals surface area contributed by atoms with Crippen LogP contribution in [0.5, 0.6) is 0 Å². The van der Waals surface area contributed by atoms with Gasteiger partial charge in [0.15, 0.2) is 5.84 Å². The zero-order valence-corrected chi connectivity index (χ0v) is 12.8. The molecule has 1 heterocycles. The van der Waals surface area contributed by atoms with E-state index in [1.807, 2.05) is 27.1 Å². The number of hydrogen-bond donors (Lipinski definition) is 3. The fourth-order valence-electron chi connectivity index (χ4n) is 3.11. The second-order valence-corrected chi connectivity index (χ2v) is 5.89. The number of nitrogens with one attached hydrogen (secondary N) is 1. The SMILES string of the molecule is CCc1nn(C)cc1CNC(=O)C1(/C(N)=N/O)CC(C)C1. The van der Waals surface area contributed by atoms with Gasteiger partial charge in [-0.15, -0.1) is 0 Å². The summed E-state index contributed by atoms with van der Waals surface area (Å²) in [5.74, 6) is 0.224. The Morgan fingerprint density at radius 1 is 1.67 bits per heavy atom. The van der Waals surface area contributed by atoms with E-state index in [0.29, 0.717) is 25.3 Å². The number of aromatic nitrogens is 2. The van der Waals surface area contributed by atoms with Crippen molar-refractivity contribution in [1.29, 1.82) is 0 Å². The summed E-state index contributed by atoms with van der Waals surface area (Å²) in [7, 11) is 1.86. The minimum atomic E-state index is -0.858. The van der Waals surface area contributed by atoms with Crippen LogP contribution in [0.4, 0.5) is 0 Å². The van der Waals surface area contributed by atoms with Crippen molar-refractivity contribution >= 4 is 11.7 Å². The first-order valence-electron chi connectivity index (χ1n) is 7.20. The van der Waals surface area contributed by atoms with Crippen LogP contribution < -0.4 is 11.1 Å². The third kappa shape index (κ3) is 2.72. The molecule has 0 radical (unpaired) electrons. The maximum absolute atomic E-state index is 12.5. The minimum Gasteiger partial charge on any atom is -0.409 e. The van der Waals surface area contributed by atoms with Crippen LogP contribution in [0, 0.1) is 11.3 Å². The Balaban J connectivity index is 2.07. The summed E-state index contributed by atoms with van der Waals surface area (Å²) in [5, 5.41) is 19.2. The van der Waals surface area contributed by atoms with Crippen molar-refractivity contribution in [1.82, 2.24) is 15.1 Å². The number of hydrogen-bond acceptors (Lipinski definition) is 4. The molecule has 1 fully saturated rings. The lowest BCUT2D eigenvalue weighted by atomic mass is 9.61. The van der Waals surface area contributed by atoms with Gasteiger partial charge < -0.3 is 16.3 Å². The molecule has 0 aliphatic heterocycles. The van der Waals surface area contributed by atoms with E-state index >= 15 is 0 Å². The monoisotopic (exact) mass is 293 g/mol. The van der Waals surface area contributed by atoms with E-state index in [1.165, 1.54) is 0 Å². The number of amidine groups is 1. The number of nitrogens with zero attached hydrogens (tertiary/aromatic N) is 3. The van der Waals surface area contributed by atoms with Gasteiger partial charge in [0, 0.05) is 25.4 Å². The van der Waals surface area contributed by atoms with Gasteiger partial charge >= 0.3 is 0 Å². The van der Waals surface area contributed by atoms with E-state index in [2.05, 4.69) is 15.6 Å². The average Bonchev–Trinajstić information content (AvgIpc) is 2.80. The smallest absolute Gasteiger partial charge is 0.234 e. The Morgan fingerprint density at radius 2 is 2.33 bits per heavy atom. The molecule has 1 aromatic heterocycles. The molecule has 0 aromatic carbocycles. The topological polar surface area (TPSA) is 106 Å². The summed E-state index contributed by atoms with van der Waals surface area (Å²) in [6, 6.07) is 0. The summed E-state index contributed by atoms with van der Waals surface area (Å²) in [6.45, 7) is 4.48. The molecule has 1 aliphatic carbocycles. The van der Waals surface area contributed by atoms with E-state index in [0.717, 1.165) is 17.7 Å². The number of nitrogens with two attached hydrogens (primary N) is 1. The predicted octanol–water partition coefficient (Wildman–Crippen LogP) is 0.761. The second-order valence-electron chi connectivity index (χ2n) is 5.89. The van der Waals surface area contributed by atoms with Crippen molar-refractivity contribution in [2.24, 2.45) is 29.3 Å². The molecule has 0 bridgehead atoms. The van der Waals surface area contributed by atoms with Crippen molar-refractivity contribution in [2.75, 3.05) is 0 Å². The van der Waals surface area contributed by atoms with Crippen LogP contribution >= 0.6 is 0 Å². The molecule has 1 aliphatic rings. The second kappa shape index (κ2) is 5.75. The van der Waals surface area contributed by atoms with Crippen LogP contribution in [0.2, 0.25) is 0 Å². The molecule has 1 saturated carbocycles. The number of rotatable bonds is 5. The zero-order valence-electron chi connectivity index (χ0n) is 12.8. The third-order valence-electron chi connectivity index (χ3n) is 4.19. The van der Waals surface area contributed by atoms with E-state index in [1.54, 1.807) is 4.68 Å². The maximum Gasteiger partial charge on any atom is 0.234 e. The zero-order chi connectivity index (χ0) is 15.6. The van der Waals surface area contributed by atoms with Crippen LogP contribution in [0.1, 0.15) is 37.9 Å². The van der Waals surface area contributed by atoms with Crippen molar-refractivity contribution in [3.05, 3.63) is 17.5 Å². The van der Waals surface area contributed by atoms with Gasteiger partial charge in [0.05, 0.1) is 5.69 Å². The molecule has 4 N–H and O–H groups in total. The first-order chi connectivity index (χ1) is 9.92. The third-order valence-corrected chi connectivity index (χ3v) is 4.19. The normalized spacial score (nSPS) is 25.5. The van der Waals surface area contributed by atoms with Crippen LogP contribution in [0.25, 0.3) is 0 Å². The summed E-state index contributed by atoms with van der Waals surface area (Å²) < 4.78 is 1.74. The molecule has 7 nitrogen and oxygen atoms in total. The molecule has 7 heteroatoms. The van der Waals surface area contributed by atoms with Gasteiger partial charge in [-0.05, 0) is 25.2 Å². The minimum absolute atomic E-state index is 0.00000155. The molecule has 0 unspecified atom stereocenters. The Bertz CT molecular complexity index is 558. The van der Waals surface area contributed by atoms with Gasteiger partial charge in [-0.25, -0.2) is 0 Å². The number of carbonyl (C=O) groups is 1. The Kier molecular flexibility index (Phi) is 4.20. The summed E-state index contributed by atoms with van der Waals surface area (Å²) in [6.07, 6.45) is 3.94. The molecule has 1 aromatic rings. The molecule has 21 heavy (non-hydrogen) atoms. The van der Waals surface area contributed by atoms with E-state index in [-0.39, 0.29) is 11.7 Å². The molecular weight excluding hydrogens is 270 g/mol. The molecule has 1 amide bonds. The Labute approximate surface area is 124 Å². The van der Waals surface area contributed by atoms with Crippen molar-refractivity contribution < 1.29 is 10.0 Å². The molecule has 0 spiro atoms. The highest BCUT2D eigenvalue weighted by Gasteiger charge is 2.52. The highest BCUT2D eigenvalue weighted by atomic mass is 16.4. The molecule has 0 atom stereocenters. The first-order valence-corrected chi connectivity index (χ1v) is 7.20.